The van der Waals surface area contributed by atoms with Crippen LogP contribution in [0.5, 0.6) is 11.5 Å². The van der Waals surface area contributed by atoms with Gasteiger partial charge in [0.05, 0.1) is 5.92 Å². The minimum Gasteiger partial charge on any atom is -0.457 e. The van der Waals surface area contributed by atoms with Gasteiger partial charge in [-0.15, -0.1) is 0 Å². The van der Waals surface area contributed by atoms with Crippen molar-refractivity contribution in [2.75, 3.05) is 16.8 Å². The Kier molecular flexibility index (Phi) is 6.55. The molecule has 1 aliphatic heterocycles. The van der Waals surface area contributed by atoms with Gasteiger partial charge in [-0.3, -0.25) is 9.59 Å². The van der Waals surface area contributed by atoms with Crippen molar-refractivity contribution < 1.29 is 14.3 Å². The molecule has 1 atom stereocenters. The molecule has 0 radical (unpaired) electrons. The summed E-state index contributed by atoms with van der Waals surface area (Å²) in [4.78, 5) is 27.5. The highest BCUT2D eigenvalue weighted by Crippen LogP contribution is 2.33. The van der Waals surface area contributed by atoms with Gasteiger partial charge in [0.15, 0.2) is 0 Å². The lowest BCUT2D eigenvalue weighted by Gasteiger charge is -2.23. The van der Waals surface area contributed by atoms with E-state index in [0.29, 0.717) is 18.0 Å². The number of aryl methyl sites for hydroxylation is 2. The summed E-state index contributed by atoms with van der Waals surface area (Å²) < 4.78 is 5.79. The van der Waals surface area contributed by atoms with E-state index in [1.54, 1.807) is 4.90 Å². The van der Waals surface area contributed by atoms with E-state index in [0.717, 1.165) is 35.4 Å². The highest BCUT2D eigenvalue weighted by atomic mass is 16.5. The second-order valence-electron chi connectivity index (χ2n) is 7.97. The van der Waals surface area contributed by atoms with Crippen molar-refractivity contribution in [3.05, 3.63) is 83.9 Å². The number of benzene rings is 3. The van der Waals surface area contributed by atoms with Crippen LogP contribution < -0.4 is 15.0 Å². The van der Waals surface area contributed by atoms with Gasteiger partial charge in [0.25, 0.3) is 0 Å². The van der Waals surface area contributed by atoms with Crippen LogP contribution in [0.15, 0.2) is 72.8 Å². The molecule has 0 saturated carbocycles. The predicted octanol–water partition coefficient (Wildman–Crippen LogP) is 5.60. The summed E-state index contributed by atoms with van der Waals surface area (Å²) in [6, 6.07) is 23.0. The molecule has 5 heteroatoms. The maximum Gasteiger partial charge on any atom is 0.229 e. The number of rotatable bonds is 7. The molecule has 3 aromatic carbocycles. The largest absolute Gasteiger partial charge is 0.457 e. The van der Waals surface area contributed by atoms with Crippen molar-refractivity contribution in [3.63, 3.8) is 0 Å². The molecule has 0 unspecified atom stereocenters. The van der Waals surface area contributed by atoms with E-state index in [4.69, 9.17) is 4.74 Å². The van der Waals surface area contributed by atoms with E-state index >= 15 is 0 Å². The van der Waals surface area contributed by atoms with Crippen LogP contribution in [0.25, 0.3) is 0 Å². The van der Waals surface area contributed by atoms with Gasteiger partial charge in [0, 0.05) is 24.3 Å². The summed E-state index contributed by atoms with van der Waals surface area (Å²) in [6.45, 7) is 4.59. The molecule has 2 amide bonds. The average molecular weight is 429 g/mol. The Morgan fingerprint density at radius 2 is 1.53 bits per heavy atom. The molecule has 32 heavy (non-hydrogen) atoms. The molecule has 164 valence electrons. The number of nitrogens with one attached hydrogen (secondary N) is 1. The first kappa shape index (κ1) is 21.6. The van der Waals surface area contributed by atoms with E-state index in [-0.39, 0.29) is 24.2 Å². The normalized spacial score (nSPS) is 15.6. The van der Waals surface area contributed by atoms with Gasteiger partial charge in [-0.1, -0.05) is 50.2 Å². The molecule has 0 aliphatic carbocycles. The lowest BCUT2D eigenvalue weighted by atomic mass is 10.0. The summed E-state index contributed by atoms with van der Waals surface area (Å²) in [5, 5.41) is 2.95. The van der Waals surface area contributed by atoms with Crippen LogP contribution in [-0.4, -0.2) is 18.4 Å². The quantitative estimate of drug-likeness (QED) is 0.533. The van der Waals surface area contributed by atoms with Gasteiger partial charge in [0.1, 0.15) is 11.5 Å². The molecule has 1 fully saturated rings. The zero-order valence-electron chi connectivity index (χ0n) is 18.5. The lowest BCUT2D eigenvalue weighted by Crippen LogP contribution is -2.29. The number of hydrogen-bond donors (Lipinski definition) is 1. The molecular weight excluding hydrogens is 400 g/mol. The first-order valence-electron chi connectivity index (χ1n) is 11.1. The molecule has 1 aliphatic rings. The van der Waals surface area contributed by atoms with Crippen LogP contribution in [0.3, 0.4) is 0 Å². The minimum atomic E-state index is -0.377. The minimum absolute atomic E-state index is 0.00681. The smallest absolute Gasteiger partial charge is 0.229 e. The van der Waals surface area contributed by atoms with Crippen molar-refractivity contribution in [3.8, 4) is 11.5 Å². The Labute approximate surface area is 189 Å². The molecule has 0 spiro atoms. The number of amides is 2. The molecule has 0 bridgehead atoms. The van der Waals surface area contributed by atoms with E-state index in [9.17, 15) is 9.59 Å². The monoisotopic (exact) mass is 428 g/mol. The average Bonchev–Trinajstić information content (AvgIpc) is 3.21. The Morgan fingerprint density at radius 1 is 0.906 bits per heavy atom. The fourth-order valence-corrected chi connectivity index (χ4v) is 4.14. The molecule has 5 nitrogen and oxygen atoms in total. The lowest BCUT2D eigenvalue weighted by molar-refractivity contribution is -0.122. The number of nitrogens with zero attached hydrogens (tertiary/aromatic N) is 1. The second kappa shape index (κ2) is 9.69. The van der Waals surface area contributed by atoms with Crippen molar-refractivity contribution in [1.29, 1.82) is 0 Å². The van der Waals surface area contributed by atoms with Crippen molar-refractivity contribution in [2.24, 2.45) is 5.92 Å². The van der Waals surface area contributed by atoms with Gasteiger partial charge in [-0.05, 0) is 60.4 Å². The summed E-state index contributed by atoms with van der Waals surface area (Å²) in [6.07, 6.45) is 1.92. The van der Waals surface area contributed by atoms with Crippen molar-refractivity contribution in [1.82, 2.24) is 0 Å². The zero-order chi connectivity index (χ0) is 22.5. The van der Waals surface area contributed by atoms with Crippen LogP contribution in [0.1, 0.15) is 31.4 Å². The van der Waals surface area contributed by atoms with Gasteiger partial charge >= 0.3 is 0 Å². The van der Waals surface area contributed by atoms with Crippen molar-refractivity contribution >= 4 is 23.2 Å². The van der Waals surface area contributed by atoms with Crippen LogP contribution in [0.2, 0.25) is 0 Å². The van der Waals surface area contributed by atoms with Crippen LogP contribution in [0, 0.1) is 5.92 Å². The van der Waals surface area contributed by atoms with Gasteiger partial charge < -0.3 is 15.0 Å². The molecule has 0 aromatic heterocycles. The van der Waals surface area contributed by atoms with Gasteiger partial charge in [-0.2, -0.15) is 0 Å². The molecule has 3 aromatic rings. The van der Waals surface area contributed by atoms with Crippen molar-refractivity contribution in [2.45, 2.75) is 33.1 Å². The molecule has 1 heterocycles. The highest BCUT2D eigenvalue weighted by Gasteiger charge is 2.36. The van der Waals surface area contributed by atoms with Crippen LogP contribution in [-0.2, 0) is 22.4 Å². The third kappa shape index (κ3) is 4.67. The summed E-state index contributed by atoms with van der Waals surface area (Å²) in [5.41, 5.74) is 3.96. The Bertz CT molecular complexity index is 1070. The zero-order valence-corrected chi connectivity index (χ0v) is 18.5. The number of hydrogen-bond acceptors (Lipinski definition) is 3. The number of ether oxygens (including phenoxy) is 1. The molecule has 1 N–H and O–H groups in total. The number of para-hydroxylation sites is 2. The first-order valence-corrected chi connectivity index (χ1v) is 11.1. The third-order valence-corrected chi connectivity index (χ3v) is 5.83. The van der Waals surface area contributed by atoms with Crippen LogP contribution in [0.4, 0.5) is 11.4 Å². The van der Waals surface area contributed by atoms with E-state index in [1.807, 2.05) is 60.7 Å². The molecule has 4 rings (SSSR count). The maximum absolute atomic E-state index is 12.9. The van der Waals surface area contributed by atoms with E-state index < -0.39 is 0 Å². The highest BCUT2D eigenvalue weighted by molar-refractivity contribution is 6.04. The number of carbonyl (C=O) groups is 2. The summed E-state index contributed by atoms with van der Waals surface area (Å²) in [7, 11) is 0. The fraction of sp³-hybridized carbons (Fsp3) is 0.259. The third-order valence-electron chi connectivity index (χ3n) is 5.83. The summed E-state index contributed by atoms with van der Waals surface area (Å²) >= 11 is 0. The fourth-order valence-electron chi connectivity index (χ4n) is 4.14. The second-order valence-corrected chi connectivity index (χ2v) is 7.97. The van der Waals surface area contributed by atoms with Gasteiger partial charge in [-0.25, -0.2) is 0 Å². The van der Waals surface area contributed by atoms with E-state index in [1.165, 1.54) is 0 Å². The van der Waals surface area contributed by atoms with Gasteiger partial charge in [0.2, 0.25) is 11.8 Å². The Morgan fingerprint density at radius 3 is 2.16 bits per heavy atom. The predicted molar refractivity (Wildman–Crippen MR) is 127 cm³/mol. The first-order chi connectivity index (χ1) is 15.6. The SMILES string of the molecule is CCc1cccc(CC)c1N1C[C@H](C(=O)Nc2ccc(Oc3ccccc3)cc2)CC1=O. The summed E-state index contributed by atoms with van der Waals surface area (Å²) in [5.74, 6) is 0.946. The standard InChI is InChI=1S/C27H28N2O3/c1-3-19-9-8-10-20(4-2)26(19)29-18-21(17-25(29)30)27(31)28-22-13-15-24(16-14-22)32-23-11-6-5-7-12-23/h5-16,21H,3-4,17-18H2,1-2H3,(H,28,31)/t21-/m1/s1. The molecular formula is C27H28N2O3. The topological polar surface area (TPSA) is 58.6 Å². The number of anilines is 2. The Balaban J connectivity index is 1.42. The number of carbonyl (C=O) groups excluding carboxylic acids is 2. The maximum atomic E-state index is 12.9. The Hall–Kier alpha value is -3.60. The molecule has 1 saturated heterocycles. The van der Waals surface area contributed by atoms with E-state index in [2.05, 4.69) is 31.3 Å². The van der Waals surface area contributed by atoms with Crippen LogP contribution >= 0.6 is 0 Å².